The Balaban J connectivity index is 1.41. The fourth-order valence-corrected chi connectivity index (χ4v) is 5.26. The van der Waals surface area contributed by atoms with Crippen LogP contribution in [-0.4, -0.2) is 39.1 Å². The van der Waals surface area contributed by atoms with Gasteiger partial charge in [0.15, 0.2) is 0 Å². The molecule has 0 aliphatic rings. The lowest BCUT2D eigenvalue weighted by Gasteiger charge is -2.22. The molecule has 0 aliphatic heterocycles. The molecule has 0 bridgehead atoms. The second-order valence-corrected chi connectivity index (χ2v) is 11.4. The number of fused-ring (bicyclic) bond motifs is 1. The standard InChI is InChI=1S/C33H38N6O3S/c1-23(28-13-7-10-25-9-3-4-12-29(25)28)37-33(41)30(14-8-15-31(34)39-43(2)42)38-32(40)26-18-16-24(17-19-26)21-35-22-27-11-5-6-20-36-27/h3-7,9-13,16-20,23,30,35H,8,14-15,21-22H2,1-2H3,(H2,34,39)(H,37,41)(H,38,40)/t23?,30-,43-/m0/s1. The summed E-state index contributed by atoms with van der Waals surface area (Å²) in [6.45, 7) is 3.20. The number of amidine groups is 1. The van der Waals surface area contributed by atoms with Crippen LogP contribution in [0.15, 0.2) is 95.5 Å². The van der Waals surface area contributed by atoms with Gasteiger partial charge in [-0.2, -0.15) is 4.40 Å². The maximum absolute atomic E-state index is 13.5. The summed E-state index contributed by atoms with van der Waals surface area (Å²) >= 11 is 0. The Labute approximate surface area is 255 Å². The number of benzene rings is 3. The van der Waals surface area contributed by atoms with Gasteiger partial charge in [0.1, 0.15) is 22.9 Å². The van der Waals surface area contributed by atoms with Crippen molar-refractivity contribution in [3.63, 3.8) is 0 Å². The molecule has 4 aromatic rings. The van der Waals surface area contributed by atoms with E-state index in [2.05, 4.69) is 25.3 Å². The lowest BCUT2D eigenvalue weighted by Crippen LogP contribution is -2.47. The highest BCUT2D eigenvalue weighted by atomic mass is 32.2. The Hall–Kier alpha value is -4.41. The predicted molar refractivity (Wildman–Crippen MR) is 173 cm³/mol. The third-order valence-corrected chi connectivity index (χ3v) is 7.51. The molecule has 1 aromatic heterocycles. The zero-order valence-corrected chi connectivity index (χ0v) is 25.3. The molecule has 9 nitrogen and oxygen atoms in total. The van der Waals surface area contributed by atoms with Crippen molar-refractivity contribution in [2.45, 2.75) is 51.4 Å². The zero-order valence-electron chi connectivity index (χ0n) is 24.5. The van der Waals surface area contributed by atoms with E-state index in [1.54, 1.807) is 18.3 Å². The molecule has 1 heterocycles. The normalized spacial score (nSPS) is 13.7. The van der Waals surface area contributed by atoms with Crippen molar-refractivity contribution in [1.29, 1.82) is 0 Å². The summed E-state index contributed by atoms with van der Waals surface area (Å²) in [5, 5.41) is 11.5. The van der Waals surface area contributed by atoms with Gasteiger partial charge in [-0.15, -0.1) is 0 Å². The summed E-state index contributed by atoms with van der Waals surface area (Å²) in [5.41, 5.74) is 9.30. The van der Waals surface area contributed by atoms with Crippen molar-refractivity contribution in [3.05, 3.63) is 114 Å². The fraction of sp³-hybridized carbons (Fsp3) is 0.273. The first-order valence-corrected chi connectivity index (χ1v) is 15.8. The number of pyridine rings is 1. The number of aromatic nitrogens is 1. The van der Waals surface area contributed by atoms with Gasteiger partial charge in [-0.25, -0.2) is 4.21 Å². The molecule has 0 radical (unpaired) electrons. The molecule has 0 fully saturated rings. The van der Waals surface area contributed by atoms with E-state index in [1.807, 2.05) is 79.7 Å². The number of hydrogen-bond donors (Lipinski definition) is 4. The van der Waals surface area contributed by atoms with Crippen LogP contribution in [0.2, 0.25) is 0 Å². The lowest BCUT2D eigenvalue weighted by atomic mass is 9.99. The average molecular weight is 599 g/mol. The molecule has 3 aromatic carbocycles. The van der Waals surface area contributed by atoms with E-state index in [9.17, 15) is 13.8 Å². The molecule has 5 N–H and O–H groups in total. The molecule has 4 rings (SSSR count). The summed E-state index contributed by atoms with van der Waals surface area (Å²) in [5.74, 6) is -0.386. The minimum atomic E-state index is -1.40. The Morgan fingerprint density at radius 3 is 2.42 bits per heavy atom. The molecule has 0 aliphatic carbocycles. The highest BCUT2D eigenvalue weighted by molar-refractivity contribution is 7.83. The van der Waals surface area contributed by atoms with Gasteiger partial charge in [-0.1, -0.05) is 60.7 Å². The van der Waals surface area contributed by atoms with E-state index in [0.29, 0.717) is 37.9 Å². The third-order valence-electron chi connectivity index (χ3n) is 7.02. The van der Waals surface area contributed by atoms with E-state index < -0.39 is 17.0 Å². The Morgan fingerprint density at radius 1 is 0.930 bits per heavy atom. The van der Waals surface area contributed by atoms with Crippen molar-refractivity contribution in [2.75, 3.05) is 6.26 Å². The van der Waals surface area contributed by atoms with E-state index in [0.717, 1.165) is 27.6 Å². The quantitative estimate of drug-likeness (QED) is 0.126. The molecule has 0 saturated carbocycles. The van der Waals surface area contributed by atoms with Crippen LogP contribution in [0.25, 0.3) is 10.8 Å². The number of nitrogens with zero attached hydrogens (tertiary/aromatic N) is 2. The van der Waals surface area contributed by atoms with Gasteiger partial charge in [0.25, 0.3) is 5.91 Å². The van der Waals surface area contributed by atoms with E-state index in [-0.39, 0.29) is 23.7 Å². The minimum Gasteiger partial charge on any atom is -0.387 e. The van der Waals surface area contributed by atoms with Gasteiger partial charge in [0.2, 0.25) is 5.91 Å². The molecule has 43 heavy (non-hydrogen) atoms. The monoisotopic (exact) mass is 598 g/mol. The van der Waals surface area contributed by atoms with Crippen LogP contribution in [0.5, 0.6) is 0 Å². The second kappa shape index (κ2) is 15.7. The lowest BCUT2D eigenvalue weighted by molar-refractivity contribution is -0.123. The molecule has 0 saturated heterocycles. The number of hydrogen-bond acceptors (Lipinski definition) is 5. The molecule has 0 spiro atoms. The van der Waals surface area contributed by atoms with E-state index in [4.69, 9.17) is 5.73 Å². The topological polar surface area (TPSA) is 139 Å². The number of nitrogens with two attached hydrogens (primary N) is 1. The number of carbonyl (C=O) groups is 2. The highest BCUT2D eigenvalue weighted by Crippen LogP contribution is 2.24. The predicted octanol–water partition coefficient (Wildman–Crippen LogP) is 4.32. The third kappa shape index (κ3) is 9.56. The molecular weight excluding hydrogens is 560 g/mol. The number of rotatable bonds is 14. The van der Waals surface area contributed by atoms with Crippen LogP contribution in [0.4, 0.5) is 0 Å². The van der Waals surface area contributed by atoms with Crippen LogP contribution in [0.1, 0.15) is 59.4 Å². The minimum absolute atomic E-state index is 0.252. The van der Waals surface area contributed by atoms with E-state index >= 15 is 0 Å². The Bertz CT molecular complexity index is 1570. The molecule has 224 valence electrons. The van der Waals surface area contributed by atoms with Gasteiger partial charge in [-0.3, -0.25) is 14.6 Å². The summed E-state index contributed by atoms with van der Waals surface area (Å²) in [7, 11) is -1.40. The van der Waals surface area contributed by atoms with Gasteiger partial charge in [0, 0.05) is 37.5 Å². The number of nitrogens with one attached hydrogen (secondary N) is 3. The fourth-order valence-electron chi connectivity index (χ4n) is 4.84. The molecule has 3 atom stereocenters. The molecule has 2 amide bonds. The van der Waals surface area contributed by atoms with Gasteiger partial charge < -0.3 is 21.7 Å². The van der Waals surface area contributed by atoms with Gasteiger partial charge in [0.05, 0.1) is 11.7 Å². The van der Waals surface area contributed by atoms with Crippen LogP contribution in [-0.2, 0) is 28.9 Å². The average Bonchev–Trinajstić information content (AvgIpc) is 3.00. The SMILES string of the molecule is CC(NC(=O)[C@H](CCCC(N)=N[S@](C)=O)NC(=O)c1ccc(CNCc2ccccn2)cc1)c1cccc2ccccc12. The largest absolute Gasteiger partial charge is 0.387 e. The van der Waals surface area contributed by atoms with Gasteiger partial charge >= 0.3 is 0 Å². The smallest absolute Gasteiger partial charge is 0.251 e. The summed E-state index contributed by atoms with van der Waals surface area (Å²) < 4.78 is 15.2. The summed E-state index contributed by atoms with van der Waals surface area (Å²) in [4.78, 5) is 31.1. The molecule has 10 heteroatoms. The maximum atomic E-state index is 13.5. The van der Waals surface area contributed by atoms with Crippen LogP contribution in [0, 0.1) is 0 Å². The van der Waals surface area contributed by atoms with Crippen LogP contribution in [0.3, 0.4) is 0 Å². The van der Waals surface area contributed by atoms with Crippen molar-refractivity contribution < 1.29 is 13.8 Å². The highest BCUT2D eigenvalue weighted by Gasteiger charge is 2.24. The Kier molecular flexibility index (Phi) is 11.5. The maximum Gasteiger partial charge on any atom is 0.251 e. The first-order chi connectivity index (χ1) is 20.8. The number of amides is 2. The van der Waals surface area contributed by atoms with Crippen molar-refractivity contribution in [1.82, 2.24) is 20.9 Å². The van der Waals surface area contributed by atoms with Crippen LogP contribution >= 0.6 is 0 Å². The Morgan fingerprint density at radius 2 is 1.67 bits per heavy atom. The summed E-state index contributed by atoms with van der Waals surface area (Å²) in [6.07, 6.45) is 4.38. The first-order valence-electron chi connectivity index (χ1n) is 14.2. The molecular formula is C33H38N6O3S. The second-order valence-electron chi connectivity index (χ2n) is 10.3. The number of carbonyl (C=O) groups excluding carboxylic acids is 2. The van der Waals surface area contributed by atoms with Crippen LogP contribution < -0.4 is 21.7 Å². The van der Waals surface area contributed by atoms with E-state index in [1.165, 1.54) is 6.26 Å². The van der Waals surface area contributed by atoms with Crippen molar-refractivity contribution in [2.24, 2.45) is 10.1 Å². The van der Waals surface area contributed by atoms with Crippen molar-refractivity contribution in [3.8, 4) is 0 Å². The van der Waals surface area contributed by atoms with Gasteiger partial charge in [-0.05, 0) is 65.9 Å². The molecule has 1 unspecified atom stereocenters. The summed E-state index contributed by atoms with van der Waals surface area (Å²) in [6, 6.07) is 26.0. The first kappa shape index (κ1) is 31.5. The van der Waals surface area contributed by atoms with Crippen molar-refractivity contribution >= 4 is 39.4 Å². The zero-order chi connectivity index (χ0) is 30.6.